The van der Waals surface area contributed by atoms with Crippen LogP contribution in [0.4, 0.5) is 0 Å². The Morgan fingerprint density at radius 2 is 2.03 bits per heavy atom. The van der Waals surface area contributed by atoms with Crippen LogP contribution in [-0.4, -0.2) is 38.7 Å². The van der Waals surface area contributed by atoms with Crippen molar-refractivity contribution >= 4 is 11.8 Å². The fourth-order valence-corrected chi connectivity index (χ4v) is 5.27. The van der Waals surface area contributed by atoms with Gasteiger partial charge in [0.1, 0.15) is 11.7 Å². The highest BCUT2D eigenvalue weighted by atomic mass is 16.5. The third-order valence-electron chi connectivity index (χ3n) is 7.20. The van der Waals surface area contributed by atoms with E-state index in [2.05, 4.69) is 21.5 Å². The third-order valence-corrected chi connectivity index (χ3v) is 7.20. The van der Waals surface area contributed by atoms with Gasteiger partial charge < -0.3 is 15.8 Å². The number of pyridine rings is 1. The molecule has 3 aromatic rings. The monoisotopic (exact) mass is 470 g/mol. The van der Waals surface area contributed by atoms with E-state index in [1.807, 2.05) is 20.0 Å². The minimum Gasteiger partial charge on any atom is -0.474 e. The molecule has 2 heterocycles. The number of nitrogens with two attached hydrogens (primary N) is 1. The third kappa shape index (κ3) is 4.23. The van der Waals surface area contributed by atoms with Gasteiger partial charge in [-0.3, -0.25) is 14.3 Å². The number of benzene rings is 1. The first kappa shape index (κ1) is 22.6. The van der Waals surface area contributed by atoms with E-state index in [-0.39, 0.29) is 34.9 Å². The standard InChI is InChI=1S/C26H26N6O3/c1-15-22(14-30-32(15)2)17-6-16(13-27)7-18(8-17)24(34)31-19-9-26(10-19)11-20(12-26)35-25-21(23(28)33)4-3-5-29-25/h3-8,14,19-20H,9-12H2,1-2H3,(H2,28,33)(H,31,34). The van der Waals surface area contributed by atoms with Crippen molar-refractivity contribution in [1.82, 2.24) is 20.1 Å². The number of primary amides is 1. The molecule has 2 saturated carbocycles. The van der Waals surface area contributed by atoms with Crippen LogP contribution in [0.2, 0.25) is 0 Å². The second kappa shape index (κ2) is 8.55. The van der Waals surface area contributed by atoms with Crippen molar-refractivity contribution in [2.24, 2.45) is 18.2 Å². The molecule has 0 saturated heterocycles. The Balaban J connectivity index is 1.19. The smallest absolute Gasteiger partial charge is 0.254 e. The lowest BCUT2D eigenvalue weighted by molar-refractivity contribution is -0.0848. The molecule has 0 atom stereocenters. The van der Waals surface area contributed by atoms with Gasteiger partial charge in [0.25, 0.3) is 11.8 Å². The van der Waals surface area contributed by atoms with E-state index in [1.54, 1.807) is 41.3 Å². The van der Waals surface area contributed by atoms with Crippen LogP contribution in [0.25, 0.3) is 11.1 Å². The number of carbonyl (C=O) groups is 2. The zero-order valence-corrected chi connectivity index (χ0v) is 19.6. The van der Waals surface area contributed by atoms with E-state index in [1.165, 1.54) is 0 Å². The molecule has 2 fully saturated rings. The van der Waals surface area contributed by atoms with Crippen molar-refractivity contribution in [3.05, 3.63) is 65.1 Å². The number of aromatic nitrogens is 3. The maximum Gasteiger partial charge on any atom is 0.254 e. The lowest BCUT2D eigenvalue weighted by atomic mass is 9.53. The van der Waals surface area contributed by atoms with E-state index >= 15 is 0 Å². The number of amides is 2. The largest absolute Gasteiger partial charge is 0.474 e. The van der Waals surface area contributed by atoms with Crippen molar-refractivity contribution in [3.63, 3.8) is 0 Å². The molecule has 9 nitrogen and oxygen atoms in total. The number of nitriles is 1. The van der Waals surface area contributed by atoms with Gasteiger partial charge in [-0.2, -0.15) is 10.4 Å². The maximum atomic E-state index is 13.0. The SMILES string of the molecule is Cc1c(-c2cc(C#N)cc(C(=O)NC3CC4(C3)CC(Oc3ncccc3C(N)=O)C4)c2)cnn1C. The molecule has 178 valence electrons. The Kier molecular flexibility index (Phi) is 5.52. The molecule has 35 heavy (non-hydrogen) atoms. The average Bonchev–Trinajstić information content (AvgIpc) is 3.14. The minimum atomic E-state index is -0.559. The molecule has 5 rings (SSSR count). The molecule has 9 heteroatoms. The number of aryl methyl sites for hydroxylation is 1. The number of rotatable bonds is 6. The Bertz CT molecular complexity index is 1360. The van der Waals surface area contributed by atoms with Gasteiger partial charge >= 0.3 is 0 Å². The number of carbonyl (C=O) groups excluding carboxylic acids is 2. The summed E-state index contributed by atoms with van der Waals surface area (Å²) in [6.45, 7) is 1.95. The van der Waals surface area contributed by atoms with Gasteiger partial charge in [-0.25, -0.2) is 4.98 Å². The summed E-state index contributed by atoms with van der Waals surface area (Å²) in [4.78, 5) is 28.7. The molecule has 0 bridgehead atoms. The van der Waals surface area contributed by atoms with Gasteiger partial charge in [0, 0.05) is 36.1 Å². The van der Waals surface area contributed by atoms with Crippen LogP contribution in [0.5, 0.6) is 5.88 Å². The number of nitrogens with one attached hydrogen (secondary N) is 1. The highest BCUT2D eigenvalue weighted by molar-refractivity contribution is 5.96. The van der Waals surface area contributed by atoms with Gasteiger partial charge in [0.2, 0.25) is 5.88 Å². The van der Waals surface area contributed by atoms with Crippen LogP contribution in [0.1, 0.15) is 57.7 Å². The molecule has 1 aromatic carbocycles. The summed E-state index contributed by atoms with van der Waals surface area (Å²) in [5.74, 6) is -0.464. The van der Waals surface area contributed by atoms with Crippen LogP contribution in [-0.2, 0) is 7.05 Å². The minimum absolute atomic E-state index is 0.0164. The summed E-state index contributed by atoms with van der Waals surface area (Å²) in [6.07, 6.45) is 6.75. The van der Waals surface area contributed by atoms with E-state index < -0.39 is 5.91 Å². The van der Waals surface area contributed by atoms with Crippen molar-refractivity contribution in [1.29, 1.82) is 5.26 Å². The molecule has 2 amide bonds. The molecular formula is C26H26N6O3. The van der Waals surface area contributed by atoms with E-state index in [0.29, 0.717) is 11.1 Å². The van der Waals surface area contributed by atoms with Crippen LogP contribution >= 0.6 is 0 Å². The van der Waals surface area contributed by atoms with Crippen LogP contribution in [0.15, 0.2) is 42.7 Å². The molecule has 0 aliphatic heterocycles. The molecule has 0 unspecified atom stereocenters. The molecule has 2 aromatic heterocycles. The van der Waals surface area contributed by atoms with Gasteiger partial charge in [-0.05, 0) is 73.9 Å². The Morgan fingerprint density at radius 3 is 2.69 bits per heavy atom. The molecule has 3 N–H and O–H groups in total. The first-order chi connectivity index (χ1) is 16.8. The van der Waals surface area contributed by atoms with Gasteiger partial charge in [-0.1, -0.05) is 0 Å². The predicted octanol–water partition coefficient (Wildman–Crippen LogP) is 2.88. The summed E-state index contributed by atoms with van der Waals surface area (Å²) >= 11 is 0. The molecule has 2 aliphatic rings. The lowest BCUT2D eigenvalue weighted by Crippen LogP contribution is -2.58. The normalized spacial score (nSPS) is 22.5. The highest BCUT2D eigenvalue weighted by Crippen LogP contribution is 2.56. The number of hydrogen-bond acceptors (Lipinski definition) is 6. The van der Waals surface area contributed by atoms with E-state index in [0.717, 1.165) is 42.5 Å². The summed E-state index contributed by atoms with van der Waals surface area (Å²) < 4.78 is 7.68. The second-order valence-corrected chi connectivity index (χ2v) is 9.63. The Labute approximate surface area is 202 Å². The maximum absolute atomic E-state index is 13.0. The van der Waals surface area contributed by atoms with E-state index in [4.69, 9.17) is 10.5 Å². The lowest BCUT2D eigenvalue weighted by Gasteiger charge is -2.57. The fraction of sp³-hybridized carbons (Fsp3) is 0.346. The van der Waals surface area contributed by atoms with Gasteiger partial charge in [0.05, 0.1) is 17.8 Å². The quantitative estimate of drug-likeness (QED) is 0.569. The molecule has 0 radical (unpaired) electrons. The number of hydrogen-bond donors (Lipinski definition) is 2. The average molecular weight is 471 g/mol. The van der Waals surface area contributed by atoms with Crippen LogP contribution < -0.4 is 15.8 Å². The second-order valence-electron chi connectivity index (χ2n) is 9.63. The van der Waals surface area contributed by atoms with Crippen molar-refractivity contribution in [2.45, 2.75) is 44.8 Å². The predicted molar refractivity (Wildman–Crippen MR) is 127 cm³/mol. The zero-order chi connectivity index (χ0) is 24.7. The van der Waals surface area contributed by atoms with Crippen molar-refractivity contribution < 1.29 is 14.3 Å². The van der Waals surface area contributed by atoms with Gasteiger partial charge in [-0.15, -0.1) is 0 Å². The molecule has 2 aliphatic carbocycles. The number of nitrogens with zero attached hydrogens (tertiary/aromatic N) is 4. The highest BCUT2D eigenvalue weighted by Gasteiger charge is 2.54. The summed E-state index contributed by atoms with van der Waals surface area (Å²) in [5, 5.41) is 16.8. The topological polar surface area (TPSA) is 136 Å². The summed E-state index contributed by atoms with van der Waals surface area (Å²) in [6, 6.07) is 10.7. The van der Waals surface area contributed by atoms with Crippen LogP contribution in [0, 0.1) is 23.7 Å². The fourth-order valence-electron chi connectivity index (χ4n) is 5.27. The zero-order valence-electron chi connectivity index (χ0n) is 19.6. The van der Waals surface area contributed by atoms with E-state index in [9.17, 15) is 14.9 Å². The van der Waals surface area contributed by atoms with Crippen LogP contribution in [0.3, 0.4) is 0 Å². The summed E-state index contributed by atoms with van der Waals surface area (Å²) in [5.41, 5.74) is 9.39. The Hall–Kier alpha value is -4.19. The van der Waals surface area contributed by atoms with Gasteiger partial charge in [0.15, 0.2) is 0 Å². The van der Waals surface area contributed by atoms with Crippen molar-refractivity contribution in [3.8, 4) is 23.1 Å². The Morgan fingerprint density at radius 1 is 1.26 bits per heavy atom. The summed E-state index contributed by atoms with van der Waals surface area (Å²) in [7, 11) is 1.86. The molecule has 1 spiro atoms. The number of ether oxygens (including phenoxy) is 1. The molecular weight excluding hydrogens is 444 g/mol. The first-order valence-electron chi connectivity index (χ1n) is 11.5. The first-order valence-corrected chi connectivity index (χ1v) is 11.5. The van der Waals surface area contributed by atoms with Crippen molar-refractivity contribution in [2.75, 3.05) is 0 Å².